The first kappa shape index (κ1) is 22.5. The Hall–Kier alpha value is -1.72. The van der Waals surface area contributed by atoms with Gasteiger partial charge in [0.05, 0.1) is 18.8 Å². The highest BCUT2D eigenvalue weighted by molar-refractivity contribution is 5.51. The van der Waals surface area contributed by atoms with E-state index in [1.165, 1.54) is 33.4 Å². The zero-order valence-corrected chi connectivity index (χ0v) is 19.0. The molecule has 0 aromatic heterocycles. The lowest BCUT2D eigenvalue weighted by Gasteiger charge is -2.38. The fourth-order valence-corrected chi connectivity index (χ4v) is 5.37. The summed E-state index contributed by atoms with van der Waals surface area (Å²) in [6, 6.07) is 11.1. The summed E-state index contributed by atoms with van der Waals surface area (Å²) in [5.41, 5.74) is 9.03. The van der Waals surface area contributed by atoms with E-state index in [4.69, 9.17) is 4.74 Å². The van der Waals surface area contributed by atoms with Crippen LogP contribution in [0.15, 0.2) is 30.3 Å². The van der Waals surface area contributed by atoms with Crippen molar-refractivity contribution in [3.8, 4) is 0 Å². The van der Waals surface area contributed by atoms with Gasteiger partial charge in [0, 0.05) is 6.42 Å². The molecule has 31 heavy (non-hydrogen) atoms. The number of benzene rings is 2. The van der Waals surface area contributed by atoms with Crippen LogP contribution in [0.5, 0.6) is 0 Å². The number of ether oxygens (including phenoxy) is 1. The molecule has 2 aromatic carbocycles. The molecule has 4 nitrogen and oxygen atoms in total. The van der Waals surface area contributed by atoms with Crippen molar-refractivity contribution in [3.05, 3.63) is 69.3 Å². The Bertz CT molecular complexity index is 902. The van der Waals surface area contributed by atoms with Crippen LogP contribution in [0.2, 0.25) is 0 Å². The van der Waals surface area contributed by atoms with E-state index in [1.807, 2.05) is 0 Å². The molecule has 4 unspecified atom stereocenters. The molecule has 2 aliphatic rings. The van der Waals surface area contributed by atoms with Gasteiger partial charge in [-0.15, -0.1) is 0 Å². The molecule has 1 aliphatic heterocycles. The number of rotatable bonds is 6. The van der Waals surface area contributed by atoms with E-state index in [0.29, 0.717) is 5.92 Å². The summed E-state index contributed by atoms with van der Waals surface area (Å²) in [7, 11) is 0. The Labute approximate surface area is 185 Å². The largest absolute Gasteiger partial charge is 0.394 e. The standard InChI is InChI=1S/C27H36O4/c1-4-21-23-7-5-6-22(23)19(12-17-8-10-18(11-9-17)16(2)3)13-24(21)27-26(30)25(29)14-20(15-28)31-27/h8-11,13,16,20,25-30H,4-7,12,14-15H2,1-3H3. The molecule has 4 atom stereocenters. The van der Waals surface area contributed by atoms with Gasteiger partial charge in [0.1, 0.15) is 12.2 Å². The first-order valence-corrected chi connectivity index (χ1v) is 11.8. The van der Waals surface area contributed by atoms with Crippen molar-refractivity contribution in [2.75, 3.05) is 6.61 Å². The maximum Gasteiger partial charge on any atom is 0.112 e. The first-order chi connectivity index (χ1) is 14.9. The van der Waals surface area contributed by atoms with Crippen LogP contribution in [0.3, 0.4) is 0 Å². The molecule has 0 radical (unpaired) electrons. The van der Waals surface area contributed by atoms with Gasteiger partial charge >= 0.3 is 0 Å². The van der Waals surface area contributed by atoms with Crippen LogP contribution < -0.4 is 0 Å². The first-order valence-electron chi connectivity index (χ1n) is 11.8. The Kier molecular flexibility index (Phi) is 6.83. The molecule has 1 aliphatic carbocycles. The number of fused-ring (bicyclic) bond motifs is 1. The van der Waals surface area contributed by atoms with Gasteiger partial charge in [-0.25, -0.2) is 0 Å². The van der Waals surface area contributed by atoms with Crippen LogP contribution >= 0.6 is 0 Å². The minimum atomic E-state index is -0.981. The second-order valence-corrected chi connectivity index (χ2v) is 9.50. The summed E-state index contributed by atoms with van der Waals surface area (Å²) >= 11 is 0. The SMILES string of the molecule is CCc1c(C2OC(CO)CC(O)C2O)cc(Cc2ccc(C(C)C)cc2)c2c1CCC2. The highest BCUT2D eigenvalue weighted by Crippen LogP contribution is 2.40. The molecule has 0 spiro atoms. The van der Waals surface area contributed by atoms with Crippen LogP contribution in [-0.4, -0.2) is 40.2 Å². The predicted octanol–water partition coefficient (Wildman–Crippen LogP) is 4.00. The van der Waals surface area contributed by atoms with Crippen molar-refractivity contribution in [2.24, 2.45) is 0 Å². The lowest BCUT2D eigenvalue weighted by molar-refractivity contribution is -0.179. The average molecular weight is 425 g/mol. The quantitative estimate of drug-likeness (QED) is 0.656. The Morgan fingerprint density at radius 1 is 1.06 bits per heavy atom. The fourth-order valence-electron chi connectivity index (χ4n) is 5.37. The van der Waals surface area contributed by atoms with Crippen LogP contribution in [0, 0.1) is 0 Å². The van der Waals surface area contributed by atoms with Gasteiger partial charge in [0.2, 0.25) is 0 Å². The third-order valence-electron chi connectivity index (χ3n) is 7.10. The highest BCUT2D eigenvalue weighted by atomic mass is 16.5. The Balaban J connectivity index is 1.74. The van der Waals surface area contributed by atoms with Crippen LogP contribution in [0.1, 0.15) is 84.6 Å². The lowest BCUT2D eigenvalue weighted by atomic mass is 9.83. The minimum Gasteiger partial charge on any atom is -0.394 e. The van der Waals surface area contributed by atoms with Crippen LogP contribution in [0.25, 0.3) is 0 Å². The molecule has 2 aromatic rings. The maximum absolute atomic E-state index is 10.8. The summed E-state index contributed by atoms with van der Waals surface area (Å²) in [4.78, 5) is 0. The molecule has 4 heteroatoms. The van der Waals surface area contributed by atoms with E-state index in [-0.39, 0.29) is 13.0 Å². The molecule has 0 bridgehead atoms. The molecular weight excluding hydrogens is 388 g/mol. The molecule has 4 rings (SSSR count). The van der Waals surface area contributed by atoms with Crippen molar-refractivity contribution in [3.63, 3.8) is 0 Å². The monoisotopic (exact) mass is 424 g/mol. The molecule has 3 N–H and O–H groups in total. The number of hydrogen-bond donors (Lipinski definition) is 3. The van der Waals surface area contributed by atoms with Crippen molar-refractivity contribution in [1.82, 2.24) is 0 Å². The minimum absolute atomic E-state index is 0.151. The average Bonchev–Trinajstić information content (AvgIpc) is 3.26. The van der Waals surface area contributed by atoms with Gasteiger partial charge in [0.15, 0.2) is 0 Å². The number of aliphatic hydroxyl groups is 3. The summed E-state index contributed by atoms with van der Waals surface area (Å²) in [5.74, 6) is 0.518. The third-order valence-corrected chi connectivity index (χ3v) is 7.10. The highest BCUT2D eigenvalue weighted by Gasteiger charge is 2.39. The topological polar surface area (TPSA) is 69.9 Å². The molecule has 168 valence electrons. The van der Waals surface area contributed by atoms with Gasteiger partial charge in [-0.3, -0.25) is 0 Å². The molecule has 1 heterocycles. The Morgan fingerprint density at radius 3 is 2.42 bits per heavy atom. The van der Waals surface area contributed by atoms with E-state index in [0.717, 1.165) is 37.7 Å². The smallest absolute Gasteiger partial charge is 0.112 e. The van der Waals surface area contributed by atoms with E-state index < -0.39 is 24.4 Å². The normalized spacial score (nSPS) is 25.8. The van der Waals surface area contributed by atoms with Crippen molar-refractivity contribution in [2.45, 2.75) is 89.6 Å². The van der Waals surface area contributed by atoms with Crippen LogP contribution in [0.4, 0.5) is 0 Å². The summed E-state index contributed by atoms with van der Waals surface area (Å²) in [5, 5.41) is 30.8. The second-order valence-electron chi connectivity index (χ2n) is 9.50. The molecule has 1 fully saturated rings. The lowest BCUT2D eigenvalue weighted by Crippen LogP contribution is -2.45. The van der Waals surface area contributed by atoms with Gasteiger partial charge in [0.25, 0.3) is 0 Å². The third kappa shape index (κ3) is 4.45. The van der Waals surface area contributed by atoms with Crippen molar-refractivity contribution in [1.29, 1.82) is 0 Å². The van der Waals surface area contributed by atoms with Crippen LogP contribution in [-0.2, 0) is 30.4 Å². The molecule has 1 saturated heterocycles. The van der Waals surface area contributed by atoms with Crippen molar-refractivity contribution >= 4 is 0 Å². The fraction of sp³-hybridized carbons (Fsp3) is 0.556. The second kappa shape index (κ2) is 9.41. The van der Waals surface area contributed by atoms with Gasteiger partial charge in [-0.1, -0.05) is 51.1 Å². The summed E-state index contributed by atoms with van der Waals surface area (Å²) in [6.07, 6.45) is 2.36. The van der Waals surface area contributed by atoms with E-state index in [1.54, 1.807) is 0 Å². The van der Waals surface area contributed by atoms with E-state index in [9.17, 15) is 15.3 Å². The molecular formula is C27H36O4. The van der Waals surface area contributed by atoms with Gasteiger partial charge < -0.3 is 20.1 Å². The maximum atomic E-state index is 10.8. The van der Waals surface area contributed by atoms with Gasteiger partial charge in [-0.05, 0) is 77.0 Å². The molecule has 0 saturated carbocycles. The van der Waals surface area contributed by atoms with E-state index in [2.05, 4.69) is 51.1 Å². The van der Waals surface area contributed by atoms with Gasteiger partial charge in [-0.2, -0.15) is 0 Å². The predicted molar refractivity (Wildman–Crippen MR) is 123 cm³/mol. The number of aliphatic hydroxyl groups excluding tert-OH is 3. The zero-order valence-electron chi connectivity index (χ0n) is 19.0. The van der Waals surface area contributed by atoms with E-state index >= 15 is 0 Å². The van der Waals surface area contributed by atoms with Crippen molar-refractivity contribution < 1.29 is 20.1 Å². The number of hydrogen-bond acceptors (Lipinski definition) is 4. The zero-order chi connectivity index (χ0) is 22.1. The Morgan fingerprint density at radius 2 is 1.77 bits per heavy atom. The summed E-state index contributed by atoms with van der Waals surface area (Å²) in [6.45, 7) is 6.42. The molecule has 0 amide bonds. The summed E-state index contributed by atoms with van der Waals surface area (Å²) < 4.78 is 6.09.